The summed E-state index contributed by atoms with van der Waals surface area (Å²) in [6.45, 7) is 4.52. The lowest BCUT2D eigenvalue weighted by atomic mass is 10.2. The standard InChI is InChI=1S/C17H21NO4S/c1-3-4-11-22-17-10-9-16(12-13(17)2)23(20,21)18-14-5-7-15(19)8-6-14/h5-10,12,18-19H,3-4,11H2,1-2H3. The number of phenols is 1. The minimum Gasteiger partial charge on any atom is -0.508 e. The molecule has 0 radical (unpaired) electrons. The van der Waals surface area contributed by atoms with E-state index in [0.717, 1.165) is 18.4 Å². The highest BCUT2D eigenvalue weighted by Crippen LogP contribution is 2.24. The Balaban J connectivity index is 2.16. The van der Waals surface area contributed by atoms with Gasteiger partial charge in [-0.3, -0.25) is 4.72 Å². The highest BCUT2D eigenvalue weighted by Gasteiger charge is 2.15. The Morgan fingerprint density at radius 3 is 2.43 bits per heavy atom. The maximum atomic E-state index is 12.4. The van der Waals surface area contributed by atoms with Crippen molar-refractivity contribution >= 4 is 15.7 Å². The number of aryl methyl sites for hydroxylation is 1. The summed E-state index contributed by atoms with van der Waals surface area (Å²) in [4.78, 5) is 0.172. The molecule has 0 saturated heterocycles. The third-order valence-corrected chi connectivity index (χ3v) is 4.71. The number of benzene rings is 2. The molecule has 0 spiro atoms. The van der Waals surface area contributed by atoms with E-state index in [2.05, 4.69) is 11.6 Å². The predicted octanol–water partition coefficient (Wildman–Crippen LogP) is 3.68. The molecule has 0 bridgehead atoms. The lowest BCUT2D eigenvalue weighted by Crippen LogP contribution is -2.13. The van der Waals surface area contributed by atoms with Crippen LogP contribution < -0.4 is 9.46 Å². The van der Waals surface area contributed by atoms with E-state index >= 15 is 0 Å². The number of hydrogen-bond donors (Lipinski definition) is 2. The molecule has 0 atom stereocenters. The number of ether oxygens (including phenoxy) is 1. The number of phenolic OH excluding ortho intramolecular Hbond substituents is 1. The topological polar surface area (TPSA) is 75.6 Å². The van der Waals surface area contributed by atoms with Crippen LogP contribution in [0.2, 0.25) is 0 Å². The van der Waals surface area contributed by atoms with Gasteiger partial charge in [0.15, 0.2) is 0 Å². The summed E-state index contributed by atoms with van der Waals surface area (Å²) in [5.41, 5.74) is 1.17. The number of aromatic hydroxyl groups is 1. The average molecular weight is 335 g/mol. The van der Waals surface area contributed by atoms with Gasteiger partial charge in [-0.15, -0.1) is 0 Å². The van der Waals surface area contributed by atoms with Crippen molar-refractivity contribution in [2.75, 3.05) is 11.3 Å². The summed E-state index contributed by atoms with van der Waals surface area (Å²) < 4.78 is 32.9. The fraction of sp³-hybridized carbons (Fsp3) is 0.294. The molecule has 0 saturated carbocycles. The van der Waals surface area contributed by atoms with Crippen LogP contribution in [-0.4, -0.2) is 20.1 Å². The average Bonchev–Trinajstić information content (AvgIpc) is 2.51. The molecule has 2 N–H and O–H groups in total. The Bertz CT molecular complexity index is 755. The van der Waals surface area contributed by atoms with Gasteiger partial charge in [0.2, 0.25) is 0 Å². The maximum absolute atomic E-state index is 12.4. The first kappa shape index (κ1) is 17.1. The summed E-state index contributed by atoms with van der Waals surface area (Å²) in [5, 5.41) is 9.24. The van der Waals surface area contributed by atoms with Gasteiger partial charge in [0, 0.05) is 5.69 Å². The highest BCUT2D eigenvalue weighted by molar-refractivity contribution is 7.92. The summed E-state index contributed by atoms with van der Waals surface area (Å²) in [7, 11) is -3.68. The van der Waals surface area contributed by atoms with Crippen LogP contribution in [0.15, 0.2) is 47.4 Å². The normalized spacial score (nSPS) is 11.2. The molecule has 23 heavy (non-hydrogen) atoms. The van der Waals surface area contributed by atoms with Crippen LogP contribution in [0.25, 0.3) is 0 Å². The molecular formula is C17H21NO4S. The molecule has 124 valence electrons. The van der Waals surface area contributed by atoms with E-state index in [1.54, 1.807) is 12.1 Å². The first-order valence-corrected chi connectivity index (χ1v) is 8.96. The number of anilines is 1. The van der Waals surface area contributed by atoms with Crippen LogP contribution >= 0.6 is 0 Å². The molecule has 0 unspecified atom stereocenters. The zero-order chi connectivity index (χ0) is 16.9. The summed E-state index contributed by atoms with van der Waals surface area (Å²) in [5.74, 6) is 0.777. The largest absolute Gasteiger partial charge is 0.508 e. The van der Waals surface area contributed by atoms with E-state index in [-0.39, 0.29) is 10.6 Å². The summed E-state index contributed by atoms with van der Waals surface area (Å²) in [6, 6.07) is 10.6. The van der Waals surface area contributed by atoms with E-state index in [0.29, 0.717) is 18.0 Å². The molecule has 0 aliphatic rings. The Kier molecular flexibility index (Phi) is 5.50. The number of sulfonamides is 1. The Morgan fingerprint density at radius 1 is 1.13 bits per heavy atom. The molecular weight excluding hydrogens is 314 g/mol. The number of unbranched alkanes of at least 4 members (excludes halogenated alkanes) is 1. The molecule has 0 heterocycles. The molecule has 6 heteroatoms. The van der Waals surface area contributed by atoms with Crippen molar-refractivity contribution in [1.29, 1.82) is 0 Å². The second-order valence-electron chi connectivity index (χ2n) is 5.28. The molecule has 0 aliphatic carbocycles. The van der Waals surface area contributed by atoms with Gasteiger partial charge in [-0.25, -0.2) is 8.42 Å². The van der Waals surface area contributed by atoms with Crippen molar-refractivity contribution in [1.82, 2.24) is 0 Å². The quantitative estimate of drug-likeness (QED) is 0.598. The molecule has 5 nitrogen and oxygen atoms in total. The predicted molar refractivity (Wildman–Crippen MR) is 90.5 cm³/mol. The van der Waals surface area contributed by atoms with Crippen LogP contribution in [0.4, 0.5) is 5.69 Å². The van der Waals surface area contributed by atoms with Gasteiger partial charge < -0.3 is 9.84 Å². The van der Waals surface area contributed by atoms with Gasteiger partial charge >= 0.3 is 0 Å². The molecule has 2 aromatic rings. The van der Waals surface area contributed by atoms with Crippen molar-refractivity contribution in [2.24, 2.45) is 0 Å². The summed E-state index contributed by atoms with van der Waals surface area (Å²) >= 11 is 0. The van der Waals surface area contributed by atoms with Crippen LogP contribution in [0, 0.1) is 6.92 Å². The van der Waals surface area contributed by atoms with Gasteiger partial charge in [0.25, 0.3) is 10.0 Å². The Labute approximate surface area is 137 Å². The Hall–Kier alpha value is -2.21. The van der Waals surface area contributed by atoms with Crippen LogP contribution in [0.5, 0.6) is 11.5 Å². The van der Waals surface area contributed by atoms with Gasteiger partial charge in [-0.2, -0.15) is 0 Å². The van der Waals surface area contributed by atoms with Gasteiger partial charge in [0.05, 0.1) is 11.5 Å². The van der Waals surface area contributed by atoms with Crippen molar-refractivity contribution in [3.05, 3.63) is 48.0 Å². The third-order valence-electron chi connectivity index (χ3n) is 3.33. The lowest BCUT2D eigenvalue weighted by Gasteiger charge is -2.12. The van der Waals surface area contributed by atoms with E-state index in [4.69, 9.17) is 4.74 Å². The number of nitrogens with one attached hydrogen (secondary N) is 1. The van der Waals surface area contributed by atoms with Gasteiger partial charge in [0.1, 0.15) is 11.5 Å². The van der Waals surface area contributed by atoms with E-state index in [1.165, 1.54) is 30.3 Å². The molecule has 0 aromatic heterocycles. The fourth-order valence-corrected chi connectivity index (χ4v) is 3.16. The number of rotatable bonds is 7. The molecule has 2 aromatic carbocycles. The zero-order valence-corrected chi connectivity index (χ0v) is 14.1. The second kappa shape index (κ2) is 7.37. The van der Waals surface area contributed by atoms with E-state index < -0.39 is 10.0 Å². The zero-order valence-electron chi connectivity index (χ0n) is 13.2. The molecule has 0 fully saturated rings. The minimum absolute atomic E-state index is 0.0809. The SMILES string of the molecule is CCCCOc1ccc(S(=O)(=O)Nc2ccc(O)cc2)cc1C. The van der Waals surface area contributed by atoms with Crippen LogP contribution in [0.1, 0.15) is 25.3 Å². The van der Waals surface area contributed by atoms with E-state index in [9.17, 15) is 13.5 Å². The third kappa shape index (κ3) is 4.63. The molecule has 0 aliphatic heterocycles. The number of hydrogen-bond acceptors (Lipinski definition) is 4. The van der Waals surface area contributed by atoms with Gasteiger partial charge in [-0.1, -0.05) is 13.3 Å². The lowest BCUT2D eigenvalue weighted by molar-refractivity contribution is 0.307. The highest BCUT2D eigenvalue weighted by atomic mass is 32.2. The molecule has 0 amide bonds. The van der Waals surface area contributed by atoms with Crippen molar-refractivity contribution < 1.29 is 18.3 Å². The summed E-state index contributed by atoms with van der Waals surface area (Å²) in [6.07, 6.45) is 2.00. The first-order chi connectivity index (χ1) is 10.9. The minimum atomic E-state index is -3.68. The second-order valence-corrected chi connectivity index (χ2v) is 6.96. The smallest absolute Gasteiger partial charge is 0.261 e. The van der Waals surface area contributed by atoms with Crippen molar-refractivity contribution in [2.45, 2.75) is 31.6 Å². The van der Waals surface area contributed by atoms with E-state index in [1.807, 2.05) is 6.92 Å². The van der Waals surface area contributed by atoms with Crippen molar-refractivity contribution in [3.63, 3.8) is 0 Å². The van der Waals surface area contributed by atoms with Crippen molar-refractivity contribution in [3.8, 4) is 11.5 Å². The maximum Gasteiger partial charge on any atom is 0.261 e. The molecule has 2 rings (SSSR count). The first-order valence-electron chi connectivity index (χ1n) is 7.47. The van der Waals surface area contributed by atoms with Gasteiger partial charge in [-0.05, 0) is 61.4 Å². The monoisotopic (exact) mass is 335 g/mol. The Morgan fingerprint density at radius 2 is 1.83 bits per heavy atom. The van der Waals surface area contributed by atoms with Crippen LogP contribution in [-0.2, 0) is 10.0 Å². The fourth-order valence-electron chi connectivity index (χ4n) is 2.02. The van der Waals surface area contributed by atoms with Crippen LogP contribution in [0.3, 0.4) is 0 Å².